The summed E-state index contributed by atoms with van der Waals surface area (Å²) in [5.41, 5.74) is 2.91. The number of hydrogen-bond acceptors (Lipinski definition) is 6. The van der Waals surface area contributed by atoms with Crippen LogP contribution < -0.4 is 0 Å². The minimum atomic E-state index is 0.190. The molecule has 1 aliphatic rings. The number of amides is 1. The normalized spacial score (nSPS) is 15.9. The fourth-order valence-electron chi connectivity index (χ4n) is 2.52. The number of hydrogen-bond donors (Lipinski definition) is 0. The van der Waals surface area contributed by atoms with Gasteiger partial charge in [-0.15, -0.1) is 10.2 Å². The van der Waals surface area contributed by atoms with Crippen LogP contribution in [0.2, 0.25) is 0 Å². The van der Waals surface area contributed by atoms with E-state index in [-0.39, 0.29) is 5.91 Å². The zero-order valence-corrected chi connectivity index (χ0v) is 15.0. The Morgan fingerprint density at radius 3 is 2.71 bits per heavy atom. The number of carbonyl (C=O) groups is 1. The molecular formula is C17H20N4OS2. The molecule has 3 rings (SSSR count). The molecule has 0 spiro atoms. The fraction of sp³-hybridized carbons (Fsp3) is 0.353. The predicted molar refractivity (Wildman–Crippen MR) is 99.1 cm³/mol. The van der Waals surface area contributed by atoms with E-state index >= 15 is 0 Å². The highest BCUT2D eigenvalue weighted by molar-refractivity contribution is 8.01. The van der Waals surface area contributed by atoms with E-state index in [2.05, 4.69) is 39.4 Å². The average Bonchev–Trinajstić information content (AvgIpc) is 3.15. The van der Waals surface area contributed by atoms with Gasteiger partial charge in [0.15, 0.2) is 4.34 Å². The van der Waals surface area contributed by atoms with Gasteiger partial charge in [-0.3, -0.25) is 9.69 Å². The topological polar surface area (TPSA) is 49.3 Å². The molecule has 0 unspecified atom stereocenters. The summed E-state index contributed by atoms with van der Waals surface area (Å²) in [6.07, 6.45) is 4.34. The maximum absolute atomic E-state index is 12.2. The van der Waals surface area contributed by atoms with Crippen LogP contribution in [0.15, 0.2) is 46.3 Å². The zero-order valence-electron chi connectivity index (χ0n) is 13.4. The lowest BCUT2D eigenvalue weighted by Gasteiger charge is -2.34. The first kappa shape index (κ1) is 17.1. The largest absolute Gasteiger partial charge is 0.339 e. The Kier molecular flexibility index (Phi) is 6.40. The Labute approximate surface area is 150 Å². The van der Waals surface area contributed by atoms with Gasteiger partial charge in [-0.2, -0.15) is 0 Å². The lowest BCUT2D eigenvalue weighted by Crippen LogP contribution is -2.49. The van der Waals surface area contributed by atoms with Gasteiger partial charge < -0.3 is 4.90 Å². The molecule has 0 saturated carbocycles. The second-order valence-corrected chi connectivity index (χ2v) is 7.54. The number of carbonyl (C=O) groups excluding carboxylic acids is 1. The molecule has 7 heteroatoms. The number of rotatable bonds is 6. The standard InChI is InChI=1S/C17H20N4OS2/c22-16(13-23-17-19-18-14-24-17)21-11-9-20(10-12-21)8-4-7-15-5-2-1-3-6-15/h1-7,14H,8-13H2. The molecule has 2 heterocycles. The van der Waals surface area contributed by atoms with E-state index in [0.29, 0.717) is 5.75 Å². The fourth-order valence-corrected chi connectivity index (χ4v) is 3.91. The first-order chi connectivity index (χ1) is 11.8. The van der Waals surface area contributed by atoms with Gasteiger partial charge in [-0.05, 0) is 5.56 Å². The van der Waals surface area contributed by atoms with Crippen molar-refractivity contribution in [3.63, 3.8) is 0 Å². The Morgan fingerprint density at radius 2 is 2.00 bits per heavy atom. The molecule has 5 nitrogen and oxygen atoms in total. The van der Waals surface area contributed by atoms with Gasteiger partial charge >= 0.3 is 0 Å². The molecule has 1 aromatic carbocycles. The van der Waals surface area contributed by atoms with E-state index in [0.717, 1.165) is 37.1 Å². The second kappa shape index (κ2) is 8.96. The molecule has 126 valence electrons. The molecule has 1 amide bonds. The zero-order chi connectivity index (χ0) is 16.6. The maximum Gasteiger partial charge on any atom is 0.233 e. The van der Waals surface area contributed by atoms with Gasteiger partial charge in [-0.25, -0.2) is 0 Å². The molecule has 0 bridgehead atoms. The first-order valence-corrected chi connectivity index (χ1v) is 9.78. The van der Waals surface area contributed by atoms with E-state index in [1.54, 1.807) is 5.51 Å². The third-order valence-electron chi connectivity index (χ3n) is 3.86. The van der Waals surface area contributed by atoms with Crippen LogP contribution in [-0.4, -0.2) is 64.4 Å². The number of piperazine rings is 1. The van der Waals surface area contributed by atoms with Crippen molar-refractivity contribution < 1.29 is 4.79 Å². The van der Waals surface area contributed by atoms with Crippen LogP contribution in [0, 0.1) is 0 Å². The molecule has 0 atom stereocenters. The van der Waals surface area contributed by atoms with E-state index < -0.39 is 0 Å². The molecule has 24 heavy (non-hydrogen) atoms. The quantitative estimate of drug-likeness (QED) is 0.741. The Bertz CT molecular complexity index is 652. The predicted octanol–water partition coefficient (Wildman–Crippen LogP) is 2.49. The summed E-state index contributed by atoms with van der Waals surface area (Å²) in [6.45, 7) is 4.38. The maximum atomic E-state index is 12.2. The molecule has 0 radical (unpaired) electrons. The van der Waals surface area contributed by atoms with Crippen molar-refractivity contribution in [3.8, 4) is 0 Å². The lowest BCUT2D eigenvalue weighted by atomic mass is 10.2. The van der Waals surface area contributed by atoms with Crippen molar-refractivity contribution in [2.45, 2.75) is 4.34 Å². The van der Waals surface area contributed by atoms with Gasteiger partial charge in [0.05, 0.1) is 5.75 Å². The van der Waals surface area contributed by atoms with Crippen molar-refractivity contribution in [3.05, 3.63) is 47.5 Å². The number of thioether (sulfide) groups is 1. The number of benzene rings is 1. The molecule has 0 aliphatic carbocycles. The van der Waals surface area contributed by atoms with Crippen LogP contribution in [0.25, 0.3) is 6.08 Å². The third kappa shape index (κ3) is 5.15. The highest BCUT2D eigenvalue weighted by Crippen LogP contribution is 2.19. The van der Waals surface area contributed by atoms with Gasteiger partial charge in [0.25, 0.3) is 0 Å². The molecule has 1 fully saturated rings. The lowest BCUT2D eigenvalue weighted by molar-refractivity contribution is -0.129. The Morgan fingerprint density at radius 1 is 1.21 bits per heavy atom. The summed E-state index contributed by atoms with van der Waals surface area (Å²) >= 11 is 2.94. The van der Waals surface area contributed by atoms with Crippen LogP contribution in [0.1, 0.15) is 5.56 Å². The smallest absolute Gasteiger partial charge is 0.233 e. The number of nitrogens with zero attached hydrogens (tertiary/aromatic N) is 4. The van der Waals surface area contributed by atoms with Crippen molar-refractivity contribution in [1.82, 2.24) is 20.0 Å². The monoisotopic (exact) mass is 360 g/mol. The molecule has 1 aromatic heterocycles. The van der Waals surface area contributed by atoms with E-state index in [4.69, 9.17) is 0 Å². The summed E-state index contributed by atoms with van der Waals surface area (Å²) in [5.74, 6) is 0.637. The van der Waals surface area contributed by atoms with Crippen LogP contribution in [0.3, 0.4) is 0 Å². The van der Waals surface area contributed by atoms with Crippen molar-refractivity contribution >= 4 is 35.1 Å². The molecule has 2 aromatic rings. The summed E-state index contributed by atoms with van der Waals surface area (Å²) in [5, 5.41) is 7.73. The van der Waals surface area contributed by atoms with Crippen molar-refractivity contribution in [1.29, 1.82) is 0 Å². The highest BCUT2D eigenvalue weighted by atomic mass is 32.2. The Hall–Kier alpha value is -1.70. The van der Waals surface area contributed by atoms with Gasteiger partial charge in [0, 0.05) is 32.7 Å². The van der Waals surface area contributed by atoms with Gasteiger partial charge in [0.1, 0.15) is 5.51 Å². The number of aromatic nitrogens is 2. The van der Waals surface area contributed by atoms with Gasteiger partial charge in [-0.1, -0.05) is 65.6 Å². The molecular weight excluding hydrogens is 340 g/mol. The summed E-state index contributed by atoms with van der Waals surface area (Å²) < 4.78 is 0.855. The summed E-state index contributed by atoms with van der Waals surface area (Å²) in [7, 11) is 0. The Balaban J connectivity index is 1.37. The minimum Gasteiger partial charge on any atom is -0.339 e. The van der Waals surface area contributed by atoms with Gasteiger partial charge in [0.2, 0.25) is 5.91 Å². The molecule has 1 aliphatic heterocycles. The minimum absolute atomic E-state index is 0.190. The van der Waals surface area contributed by atoms with Crippen LogP contribution in [0.5, 0.6) is 0 Å². The first-order valence-electron chi connectivity index (χ1n) is 7.92. The summed E-state index contributed by atoms with van der Waals surface area (Å²) in [6, 6.07) is 10.3. The summed E-state index contributed by atoms with van der Waals surface area (Å²) in [4.78, 5) is 16.6. The molecule has 1 saturated heterocycles. The highest BCUT2D eigenvalue weighted by Gasteiger charge is 2.20. The van der Waals surface area contributed by atoms with E-state index in [1.165, 1.54) is 28.7 Å². The molecule has 0 N–H and O–H groups in total. The second-order valence-electron chi connectivity index (χ2n) is 5.49. The van der Waals surface area contributed by atoms with Crippen molar-refractivity contribution in [2.75, 3.05) is 38.5 Å². The third-order valence-corrected chi connectivity index (χ3v) is 5.70. The van der Waals surface area contributed by atoms with E-state index in [9.17, 15) is 4.79 Å². The van der Waals surface area contributed by atoms with Crippen LogP contribution in [0.4, 0.5) is 0 Å². The van der Waals surface area contributed by atoms with E-state index in [1.807, 2.05) is 23.1 Å². The van der Waals surface area contributed by atoms with Crippen LogP contribution in [-0.2, 0) is 4.79 Å². The SMILES string of the molecule is O=C(CSc1nncs1)N1CCN(CC=Cc2ccccc2)CC1. The average molecular weight is 361 g/mol. The van der Waals surface area contributed by atoms with Crippen LogP contribution >= 0.6 is 23.1 Å². The van der Waals surface area contributed by atoms with Crippen molar-refractivity contribution in [2.24, 2.45) is 0 Å².